The summed E-state index contributed by atoms with van der Waals surface area (Å²) in [5.74, 6) is 0.709. The highest BCUT2D eigenvalue weighted by atomic mass is 16.5. The minimum Gasteiger partial charge on any atom is -0.475 e. The summed E-state index contributed by atoms with van der Waals surface area (Å²) >= 11 is 0. The average molecular weight is 286 g/mol. The second-order valence-electron chi connectivity index (χ2n) is 5.34. The summed E-state index contributed by atoms with van der Waals surface area (Å²) < 4.78 is 11.1. The van der Waals surface area contributed by atoms with Gasteiger partial charge in [0.2, 0.25) is 5.88 Å². The first-order chi connectivity index (χ1) is 10.4. The van der Waals surface area contributed by atoms with Crippen molar-refractivity contribution in [2.24, 2.45) is 0 Å². The summed E-state index contributed by atoms with van der Waals surface area (Å²) in [5.41, 5.74) is 1.03. The molecule has 0 amide bonds. The van der Waals surface area contributed by atoms with E-state index in [-0.39, 0.29) is 0 Å². The Morgan fingerprint density at radius 1 is 1.24 bits per heavy atom. The number of nitrogens with zero attached hydrogens (tertiary/aromatic N) is 1. The van der Waals surface area contributed by atoms with Crippen LogP contribution in [0.2, 0.25) is 0 Å². The normalized spacial score (nSPS) is 14.5. The predicted molar refractivity (Wildman–Crippen MR) is 83.6 cm³/mol. The first-order valence-corrected chi connectivity index (χ1v) is 7.69. The number of ether oxygens (including phenoxy) is 2. The molecule has 1 aromatic heterocycles. The lowest BCUT2D eigenvalue weighted by Crippen LogP contribution is -2.16. The Morgan fingerprint density at radius 2 is 2.10 bits per heavy atom. The number of nitrogens with one attached hydrogen (secondary N) is 1. The van der Waals surface area contributed by atoms with Crippen molar-refractivity contribution < 1.29 is 9.47 Å². The Kier molecular flexibility index (Phi) is 4.68. The van der Waals surface area contributed by atoms with Gasteiger partial charge in [-0.05, 0) is 37.3 Å². The van der Waals surface area contributed by atoms with Crippen molar-refractivity contribution in [3.05, 3.63) is 36.0 Å². The zero-order valence-corrected chi connectivity index (χ0v) is 12.5. The van der Waals surface area contributed by atoms with Gasteiger partial charge in [0, 0.05) is 24.6 Å². The summed E-state index contributed by atoms with van der Waals surface area (Å²) in [7, 11) is 0. The first kappa shape index (κ1) is 14.3. The zero-order chi connectivity index (χ0) is 14.5. The van der Waals surface area contributed by atoms with Gasteiger partial charge >= 0.3 is 0 Å². The Balaban J connectivity index is 1.76. The van der Waals surface area contributed by atoms with Crippen LogP contribution in [0.1, 0.15) is 25.5 Å². The van der Waals surface area contributed by atoms with Crippen LogP contribution in [0, 0.1) is 0 Å². The van der Waals surface area contributed by atoms with Gasteiger partial charge in [0.05, 0.1) is 12.3 Å². The molecule has 4 heteroatoms. The molecule has 1 aromatic carbocycles. The summed E-state index contributed by atoms with van der Waals surface area (Å²) in [4.78, 5) is 4.66. The fourth-order valence-electron chi connectivity index (χ4n) is 2.30. The summed E-state index contributed by atoms with van der Waals surface area (Å²) in [6.07, 6.45) is 2.57. The molecule has 112 valence electrons. The van der Waals surface area contributed by atoms with Gasteiger partial charge in [-0.3, -0.25) is 0 Å². The van der Waals surface area contributed by atoms with E-state index in [1.807, 2.05) is 19.1 Å². The molecule has 3 rings (SSSR count). The van der Waals surface area contributed by atoms with E-state index in [4.69, 9.17) is 9.47 Å². The lowest BCUT2D eigenvalue weighted by Gasteiger charge is -2.11. The maximum absolute atomic E-state index is 5.82. The van der Waals surface area contributed by atoms with Gasteiger partial charge in [-0.15, -0.1) is 0 Å². The summed E-state index contributed by atoms with van der Waals surface area (Å²) in [6.45, 7) is 4.62. The molecule has 1 saturated carbocycles. The molecule has 21 heavy (non-hydrogen) atoms. The predicted octanol–water partition coefficient (Wildman–Crippen LogP) is 2.90. The molecule has 1 N–H and O–H groups in total. The van der Waals surface area contributed by atoms with E-state index in [0.717, 1.165) is 17.6 Å². The fourth-order valence-corrected chi connectivity index (χ4v) is 2.30. The van der Waals surface area contributed by atoms with E-state index in [2.05, 4.69) is 28.5 Å². The van der Waals surface area contributed by atoms with Gasteiger partial charge in [-0.25, -0.2) is 4.98 Å². The van der Waals surface area contributed by atoms with Crippen LogP contribution in [0.15, 0.2) is 30.3 Å². The van der Waals surface area contributed by atoms with Crippen LogP contribution in [-0.4, -0.2) is 30.8 Å². The lowest BCUT2D eigenvalue weighted by molar-refractivity contribution is 0.109. The molecular weight excluding hydrogens is 264 g/mol. The highest BCUT2D eigenvalue weighted by molar-refractivity contribution is 5.87. The molecule has 0 spiro atoms. The van der Waals surface area contributed by atoms with E-state index in [0.29, 0.717) is 31.7 Å². The van der Waals surface area contributed by atoms with E-state index >= 15 is 0 Å². The molecule has 1 aliphatic carbocycles. The number of fused-ring (bicyclic) bond motifs is 1. The maximum atomic E-state index is 5.82. The van der Waals surface area contributed by atoms with Crippen molar-refractivity contribution in [2.75, 3.05) is 19.8 Å². The van der Waals surface area contributed by atoms with Crippen molar-refractivity contribution >= 4 is 10.8 Å². The number of aromatic nitrogens is 1. The molecule has 1 fully saturated rings. The molecule has 0 bridgehead atoms. The molecule has 2 aromatic rings. The highest BCUT2D eigenvalue weighted by Gasteiger charge is 2.20. The number of benzene rings is 1. The zero-order valence-electron chi connectivity index (χ0n) is 12.5. The first-order valence-electron chi connectivity index (χ1n) is 7.69. The van der Waals surface area contributed by atoms with Crippen LogP contribution in [0.5, 0.6) is 5.88 Å². The molecule has 0 aliphatic heterocycles. The van der Waals surface area contributed by atoms with Crippen LogP contribution < -0.4 is 10.1 Å². The molecule has 0 saturated heterocycles. The Hall–Kier alpha value is -1.65. The van der Waals surface area contributed by atoms with Crippen LogP contribution >= 0.6 is 0 Å². The highest BCUT2D eigenvalue weighted by Crippen LogP contribution is 2.25. The fraction of sp³-hybridized carbons (Fsp3) is 0.471. The van der Waals surface area contributed by atoms with E-state index in [9.17, 15) is 0 Å². The molecular formula is C17H22N2O2. The third-order valence-corrected chi connectivity index (χ3v) is 3.58. The largest absolute Gasteiger partial charge is 0.475 e. The minimum absolute atomic E-state index is 0.532. The van der Waals surface area contributed by atoms with Crippen molar-refractivity contribution in [1.29, 1.82) is 0 Å². The molecule has 1 heterocycles. The summed E-state index contributed by atoms with van der Waals surface area (Å²) in [6, 6.07) is 11.0. The Bertz CT molecular complexity index is 596. The summed E-state index contributed by atoms with van der Waals surface area (Å²) in [5, 5.41) is 5.73. The van der Waals surface area contributed by atoms with Gasteiger partial charge in [0.25, 0.3) is 0 Å². The SMILES string of the molecule is CCOCCOc1nc(CNC2CC2)cc2ccccc12. The van der Waals surface area contributed by atoms with Crippen LogP contribution in [0.25, 0.3) is 10.8 Å². The van der Waals surface area contributed by atoms with E-state index in [1.165, 1.54) is 18.2 Å². The second-order valence-corrected chi connectivity index (χ2v) is 5.34. The number of rotatable bonds is 8. The van der Waals surface area contributed by atoms with Gasteiger partial charge < -0.3 is 14.8 Å². The number of hydrogen-bond acceptors (Lipinski definition) is 4. The van der Waals surface area contributed by atoms with Gasteiger partial charge in [-0.2, -0.15) is 0 Å². The average Bonchev–Trinajstić information content (AvgIpc) is 3.34. The van der Waals surface area contributed by atoms with Crippen LogP contribution in [-0.2, 0) is 11.3 Å². The van der Waals surface area contributed by atoms with Gasteiger partial charge in [-0.1, -0.05) is 18.2 Å². The minimum atomic E-state index is 0.532. The van der Waals surface area contributed by atoms with Crippen molar-refractivity contribution in [3.8, 4) is 5.88 Å². The Morgan fingerprint density at radius 3 is 2.90 bits per heavy atom. The van der Waals surface area contributed by atoms with Crippen LogP contribution in [0.4, 0.5) is 0 Å². The van der Waals surface area contributed by atoms with E-state index in [1.54, 1.807) is 0 Å². The topological polar surface area (TPSA) is 43.4 Å². The maximum Gasteiger partial charge on any atom is 0.221 e. The molecule has 0 unspecified atom stereocenters. The van der Waals surface area contributed by atoms with Crippen molar-refractivity contribution in [1.82, 2.24) is 10.3 Å². The second kappa shape index (κ2) is 6.87. The van der Waals surface area contributed by atoms with Gasteiger partial charge in [0.1, 0.15) is 6.61 Å². The number of pyridine rings is 1. The number of hydrogen-bond donors (Lipinski definition) is 1. The van der Waals surface area contributed by atoms with Crippen molar-refractivity contribution in [2.45, 2.75) is 32.4 Å². The third-order valence-electron chi connectivity index (χ3n) is 3.58. The molecule has 0 radical (unpaired) electrons. The molecule has 0 atom stereocenters. The lowest BCUT2D eigenvalue weighted by atomic mass is 10.1. The van der Waals surface area contributed by atoms with Crippen LogP contribution in [0.3, 0.4) is 0 Å². The third kappa shape index (κ3) is 3.93. The standard InChI is InChI=1S/C17H22N2O2/c1-2-20-9-10-21-17-16-6-4-3-5-13(16)11-15(19-17)12-18-14-7-8-14/h3-6,11,14,18H,2,7-10,12H2,1H3. The van der Waals surface area contributed by atoms with Gasteiger partial charge in [0.15, 0.2) is 0 Å². The Labute approximate surface area is 125 Å². The quantitative estimate of drug-likeness (QED) is 0.758. The smallest absolute Gasteiger partial charge is 0.221 e. The van der Waals surface area contributed by atoms with E-state index < -0.39 is 0 Å². The molecule has 1 aliphatic rings. The molecule has 4 nitrogen and oxygen atoms in total. The van der Waals surface area contributed by atoms with Crippen molar-refractivity contribution in [3.63, 3.8) is 0 Å². The monoisotopic (exact) mass is 286 g/mol.